The van der Waals surface area contributed by atoms with Gasteiger partial charge < -0.3 is 0 Å². The minimum absolute atomic E-state index is 0.369. The van der Waals surface area contributed by atoms with E-state index in [0.29, 0.717) is 12.8 Å². The van der Waals surface area contributed by atoms with Gasteiger partial charge in [-0.05, 0) is 43.1 Å². The van der Waals surface area contributed by atoms with Crippen molar-refractivity contribution in [3.8, 4) is 0 Å². The van der Waals surface area contributed by atoms with E-state index in [-0.39, 0.29) is 0 Å². The Hall–Kier alpha value is -3.66. The third kappa shape index (κ3) is 2.48. The number of carbonyl (C=O) groups is 2. The Morgan fingerprint density at radius 2 is 0.808 bits per heavy atom. The van der Waals surface area contributed by atoms with E-state index in [1.165, 1.54) is 43.1 Å². The van der Waals surface area contributed by atoms with Crippen LogP contribution in [0.15, 0.2) is 72.8 Å². The molecule has 4 nitrogen and oxygen atoms in total. The van der Waals surface area contributed by atoms with E-state index in [1.807, 2.05) is 10.9 Å². The van der Waals surface area contributed by atoms with Gasteiger partial charge >= 0.3 is 0 Å². The lowest BCUT2D eigenvalue weighted by Gasteiger charge is -2.13. The Morgan fingerprint density at radius 3 is 1.08 bits per heavy atom. The molecule has 0 unspecified atom stereocenters. The fourth-order valence-corrected chi connectivity index (χ4v) is 3.65. The van der Waals surface area contributed by atoms with Crippen molar-refractivity contribution in [1.29, 1.82) is 0 Å². The minimum Gasteiger partial charge on any atom is -0.277 e. The standard InChI is InChI=1S/C20H12.C2H4N2O2/c1-5-13-6-2-11-17-18-12-4-8-14-7-3-10-16(20(14)18)15(9-1)19(13)17;5-1-3-4-2-6/h1-12H;1-2H,(H,3,5)(H,4,6). The second kappa shape index (κ2) is 6.69. The summed E-state index contributed by atoms with van der Waals surface area (Å²) in [6, 6.07) is 26.4. The number of amides is 2. The molecule has 26 heavy (non-hydrogen) atoms. The van der Waals surface area contributed by atoms with Crippen LogP contribution in [-0.4, -0.2) is 12.8 Å². The molecule has 0 spiro atoms. The first-order chi connectivity index (χ1) is 12.8. The van der Waals surface area contributed by atoms with Gasteiger partial charge in [-0.15, -0.1) is 0 Å². The number of nitrogens with one attached hydrogen (secondary N) is 2. The quantitative estimate of drug-likeness (QED) is 0.171. The van der Waals surface area contributed by atoms with Gasteiger partial charge in [-0.25, -0.2) is 0 Å². The maximum atomic E-state index is 9.23. The van der Waals surface area contributed by atoms with Crippen LogP contribution in [0.4, 0.5) is 0 Å². The van der Waals surface area contributed by atoms with E-state index in [9.17, 15) is 9.59 Å². The number of fused-ring (bicyclic) bond motifs is 2. The molecule has 2 amide bonds. The lowest BCUT2D eigenvalue weighted by Crippen LogP contribution is -2.28. The number of rotatable bonds is 3. The number of carbonyl (C=O) groups excluding carboxylic acids is 2. The average molecular weight is 340 g/mol. The zero-order valence-electron chi connectivity index (χ0n) is 13.9. The lowest BCUT2D eigenvalue weighted by molar-refractivity contribution is -0.116. The molecule has 0 heterocycles. The summed E-state index contributed by atoms with van der Waals surface area (Å²) in [5, 5.41) is 10.9. The van der Waals surface area contributed by atoms with Gasteiger partial charge in [0.15, 0.2) is 0 Å². The van der Waals surface area contributed by atoms with Crippen molar-refractivity contribution in [2.75, 3.05) is 0 Å². The van der Waals surface area contributed by atoms with E-state index in [2.05, 4.69) is 72.8 Å². The van der Waals surface area contributed by atoms with Crippen LogP contribution in [0, 0.1) is 0 Å². The molecule has 5 rings (SSSR count). The molecule has 2 N–H and O–H groups in total. The Morgan fingerprint density at radius 1 is 0.500 bits per heavy atom. The molecule has 5 aromatic carbocycles. The lowest BCUT2D eigenvalue weighted by atomic mass is 9.90. The summed E-state index contributed by atoms with van der Waals surface area (Å²) in [5.74, 6) is 0. The van der Waals surface area contributed by atoms with Gasteiger partial charge in [0.2, 0.25) is 12.8 Å². The van der Waals surface area contributed by atoms with Crippen LogP contribution in [0.25, 0.3) is 43.1 Å². The van der Waals surface area contributed by atoms with Crippen LogP contribution >= 0.6 is 0 Å². The van der Waals surface area contributed by atoms with Gasteiger partial charge in [-0.2, -0.15) is 0 Å². The van der Waals surface area contributed by atoms with Crippen molar-refractivity contribution in [3.63, 3.8) is 0 Å². The highest BCUT2D eigenvalue weighted by Crippen LogP contribution is 2.39. The smallest absolute Gasteiger partial charge is 0.225 e. The molecule has 0 saturated carbocycles. The maximum Gasteiger partial charge on any atom is 0.225 e. The minimum atomic E-state index is 0.369. The van der Waals surface area contributed by atoms with Crippen molar-refractivity contribution >= 4 is 55.9 Å². The first-order valence-electron chi connectivity index (χ1n) is 8.27. The topological polar surface area (TPSA) is 58.2 Å². The highest BCUT2D eigenvalue weighted by Gasteiger charge is 2.11. The van der Waals surface area contributed by atoms with Crippen LogP contribution in [0.3, 0.4) is 0 Å². The van der Waals surface area contributed by atoms with Crippen LogP contribution < -0.4 is 10.9 Å². The van der Waals surface area contributed by atoms with Gasteiger partial charge in [0.05, 0.1) is 0 Å². The molecule has 4 heteroatoms. The van der Waals surface area contributed by atoms with E-state index in [0.717, 1.165) is 0 Å². The number of hydrogen-bond acceptors (Lipinski definition) is 2. The maximum absolute atomic E-state index is 9.23. The molecule has 0 saturated heterocycles. The summed E-state index contributed by atoms with van der Waals surface area (Å²) in [5.41, 5.74) is 3.80. The van der Waals surface area contributed by atoms with Crippen LogP contribution in [0.5, 0.6) is 0 Å². The van der Waals surface area contributed by atoms with Gasteiger partial charge in [0, 0.05) is 0 Å². The average Bonchev–Trinajstić information content (AvgIpc) is 2.70. The van der Waals surface area contributed by atoms with Crippen molar-refractivity contribution in [1.82, 2.24) is 10.9 Å². The molecule has 0 bridgehead atoms. The molecule has 0 aliphatic rings. The van der Waals surface area contributed by atoms with Gasteiger partial charge in [-0.3, -0.25) is 20.4 Å². The van der Waals surface area contributed by atoms with Crippen molar-refractivity contribution in [3.05, 3.63) is 72.8 Å². The van der Waals surface area contributed by atoms with Crippen molar-refractivity contribution in [2.45, 2.75) is 0 Å². The normalized spacial score (nSPS) is 10.6. The predicted molar refractivity (Wildman–Crippen MR) is 106 cm³/mol. The molecule has 0 aliphatic heterocycles. The molecule has 5 aromatic rings. The van der Waals surface area contributed by atoms with E-state index >= 15 is 0 Å². The Kier molecular flexibility index (Phi) is 4.07. The Bertz CT molecular complexity index is 1050. The summed E-state index contributed by atoms with van der Waals surface area (Å²) < 4.78 is 0. The summed E-state index contributed by atoms with van der Waals surface area (Å²) >= 11 is 0. The number of hydrogen-bond donors (Lipinski definition) is 2. The first-order valence-corrected chi connectivity index (χ1v) is 8.27. The monoisotopic (exact) mass is 340 g/mol. The summed E-state index contributed by atoms with van der Waals surface area (Å²) in [6.45, 7) is 0. The SMILES string of the molecule is O=CNNC=O.c1cc2cccc3c4cccc5cccc(c(c1)c23)c54. The third-order valence-corrected chi connectivity index (χ3v) is 4.59. The second-order valence-electron chi connectivity index (χ2n) is 5.94. The van der Waals surface area contributed by atoms with Crippen LogP contribution in [0.2, 0.25) is 0 Å². The first kappa shape index (κ1) is 15.8. The second-order valence-corrected chi connectivity index (χ2v) is 5.94. The highest BCUT2D eigenvalue weighted by molar-refractivity contribution is 6.32. The molecule has 126 valence electrons. The molecule has 0 aliphatic carbocycles. The molecular formula is C22H16N2O2. The van der Waals surface area contributed by atoms with Crippen molar-refractivity contribution in [2.24, 2.45) is 0 Å². The fourth-order valence-electron chi connectivity index (χ4n) is 3.65. The van der Waals surface area contributed by atoms with Gasteiger partial charge in [0.25, 0.3) is 0 Å². The highest BCUT2D eigenvalue weighted by atomic mass is 16.2. The van der Waals surface area contributed by atoms with E-state index < -0.39 is 0 Å². The zero-order valence-corrected chi connectivity index (χ0v) is 13.9. The largest absolute Gasteiger partial charge is 0.277 e. The summed E-state index contributed by atoms with van der Waals surface area (Å²) in [6.07, 6.45) is 0.739. The number of hydrazine groups is 1. The molecule has 0 fully saturated rings. The van der Waals surface area contributed by atoms with Gasteiger partial charge in [0.1, 0.15) is 0 Å². The predicted octanol–water partition coefficient (Wildman–Crippen LogP) is 4.13. The molecular weight excluding hydrogens is 324 g/mol. The third-order valence-electron chi connectivity index (χ3n) is 4.59. The Labute approximate surface area is 149 Å². The molecule has 0 radical (unpaired) electrons. The summed E-state index contributed by atoms with van der Waals surface area (Å²) in [4.78, 5) is 18.5. The Balaban J connectivity index is 0.000000246. The molecule has 0 aromatic heterocycles. The van der Waals surface area contributed by atoms with Crippen LogP contribution in [-0.2, 0) is 9.59 Å². The van der Waals surface area contributed by atoms with E-state index in [1.54, 1.807) is 0 Å². The van der Waals surface area contributed by atoms with Gasteiger partial charge in [-0.1, -0.05) is 72.8 Å². The number of benzene rings is 5. The summed E-state index contributed by atoms with van der Waals surface area (Å²) in [7, 11) is 0. The fraction of sp³-hybridized carbons (Fsp3) is 0. The van der Waals surface area contributed by atoms with E-state index in [4.69, 9.17) is 0 Å². The zero-order chi connectivity index (χ0) is 17.9. The van der Waals surface area contributed by atoms with Crippen LogP contribution in [0.1, 0.15) is 0 Å². The van der Waals surface area contributed by atoms with Crippen molar-refractivity contribution < 1.29 is 9.59 Å². The molecule has 0 atom stereocenters.